The molecule has 0 unspecified atom stereocenters. The van der Waals surface area contributed by atoms with Crippen molar-refractivity contribution in [3.05, 3.63) is 53.9 Å². The van der Waals surface area contributed by atoms with Crippen molar-refractivity contribution < 1.29 is 9.53 Å². The van der Waals surface area contributed by atoms with Crippen molar-refractivity contribution >= 4 is 11.7 Å². The number of hydrogen-bond donors (Lipinski definition) is 2. The second-order valence-corrected chi connectivity index (χ2v) is 4.35. The molecule has 2 amide bonds. The summed E-state index contributed by atoms with van der Waals surface area (Å²) in [5.41, 5.74) is 2.65. The van der Waals surface area contributed by atoms with Gasteiger partial charge in [0.15, 0.2) is 0 Å². The molecule has 0 aliphatic heterocycles. The minimum Gasteiger partial charge on any atom is -0.497 e. The van der Waals surface area contributed by atoms with Gasteiger partial charge in [0.05, 0.1) is 7.11 Å². The van der Waals surface area contributed by atoms with E-state index in [0.717, 1.165) is 22.6 Å². The van der Waals surface area contributed by atoms with E-state index < -0.39 is 0 Å². The smallest absolute Gasteiger partial charge is 0.319 e. The van der Waals surface area contributed by atoms with E-state index in [1.54, 1.807) is 25.6 Å². The van der Waals surface area contributed by atoms with Crippen LogP contribution in [-0.2, 0) is 6.54 Å². The summed E-state index contributed by atoms with van der Waals surface area (Å²) in [6.45, 7) is 2.33. The highest BCUT2D eigenvalue weighted by Gasteiger charge is 2.04. The minimum absolute atomic E-state index is 0.248. The van der Waals surface area contributed by atoms with Crippen LogP contribution in [0.2, 0.25) is 0 Å². The molecule has 0 fully saturated rings. The quantitative estimate of drug-likeness (QED) is 0.898. The Morgan fingerprint density at radius 2 is 2.20 bits per heavy atom. The summed E-state index contributed by atoms with van der Waals surface area (Å²) in [5, 5.41) is 5.59. The number of amides is 2. The fraction of sp³-hybridized carbons (Fsp3) is 0.200. The zero-order chi connectivity index (χ0) is 14.4. The molecule has 0 radical (unpaired) electrons. The number of ether oxygens (including phenoxy) is 1. The Hall–Kier alpha value is -2.56. The highest BCUT2D eigenvalue weighted by atomic mass is 16.5. The summed E-state index contributed by atoms with van der Waals surface area (Å²) in [5.74, 6) is 0.773. The van der Waals surface area contributed by atoms with Crippen molar-refractivity contribution in [3.63, 3.8) is 0 Å². The van der Waals surface area contributed by atoms with E-state index in [2.05, 4.69) is 15.6 Å². The number of aryl methyl sites for hydroxylation is 1. The van der Waals surface area contributed by atoms with Crippen LogP contribution in [0.1, 0.15) is 11.1 Å². The van der Waals surface area contributed by atoms with Gasteiger partial charge in [-0.25, -0.2) is 4.79 Å². The predicted octanol–water partition coefficient (Wildman–Crippen LogP) is 2.72. The standard InChI is InChI=1S/C15H17N3O2/c1-11-9-16-7-6-14(11)18-15(19)17-10-12-4-3-5-13(8-12)20-2/h3-9H,10H2,1-2H3,(H2,16,17,18,19). The lowest BCUT2D eigenvalue weighted by Crippen LogP contribution is -2.28. The van der Waals surface area contributed by atoms with Crippen LogP contribution in [0.4, 0.5) is 10.5 Å². The number of methoxy groups -OCH3 is 1. The van der Waals surface area contributed by atoms with Gasteiger partial charge in [0.2, 0.25) is 0 Å². The number of anilines is 1. The normalized spacial score (nSPS) is 9.90. The van der Waals surface area contributed by atoms with Crippen LogP contribution >= 0.6 is 0 Å². The predicted molar refractivity (Wildman–Crippen MR) is 77.8 cm³/mol. The van der Waals surface area contributed by atoms with Gasteiger partial charge < -0.3 is 15.4 Å². The van der Waals surface area contributed by atoms with E-state index in [4.69, 9.17) is 4.74 Å². The number of carbonyl (C=O) groups excluding carboxylic acids is 1. The molecule has 2 rings (SSSR count). The van der Waals surface area contributed by atoms with Gasteiger partial charge in [0, 0.05) is 24.6 Å². The van der Waals surface area contributed by atoms with E-state index in [0.29, 0.717) is 6.54 Å². The van der Waals surface area contributed by atoms with E-state index >= 15 is 0 Å². The second-order valence-electron chi connectivity index (χ2n) is 4.35. The molecule has 0 bridgehead atoms. The highest BCUT2D eigenvalue weighted by Crippen LogP contribution is 2.13. The van der Waals surface area contributed by atoms with Crippen LogP contribution in [0.15, 0.2) is 42.7 Å². The molecule has 1 aromatic carbocycles. The second kappa shape index (κ2) is 6.56. The molecular formula is C15H17N3O2. The van der Waals surface area contributed by atoms with Gasteiger partial charge in [-0.15, -0.1) is 0 Å². The van der Waals surface area contributed by atoms with E-state index in [9.17, 15) is 4.79 Å². The molecule has 1 aromatic heterocycles. The molecule has 2 aromatic rings. The fourth-order valence-electron chi connectivity index (χ4n) is 1.74. The monoisotopic (exact) mass is 271 g/mol. The van der Waals surface area contributed by atoms with Crippen LogP contribution in [0, 0.1) is 6.92 Å². The number of urea groups is 1. The van der Waals surface area contributed by atoms with Crippen molar-refractivity contribution in [3.8, 4) is 5.75 Å². The molecular weight excluding hydrogens is 254 g/mol. The molecule has 1 heterocycles. The number of pyridine rings is 1. The summed E-state index contributed by atoms with van der Waals surface area (Å²) in [4.78, 5) is 15.8. The number of nitrogens with zero attached hydrogens (tertiary/aromatic N) is 1. The molecule has 0 spiro atoms. The Morgan fingerprint density at radius 3 is 2.95 bits per heavy atom. The average molecular weight is 271 g/mol. The first-order chi connectivity index (χ1) is 9.69. The van der Waals surface area contributed by atoms with Crippen molar-refractivity contribution in [1.29, 1.82) is 0 Å². The highest BCUT2D eigenvalue weighted by molar-refractivity contribution is 5.89. The van der Waals surface area contributed by atoms with Crippen molar-refractivity contribution in [1.82, 2.24) is 10.3 Å². The van der Waals surface area contributed by atoms with Gasteiger partial charge in [0.25, 0.3) is 0 Å². The molecule has 2 N–H and O–H groups in total. The van der Waals surface area contributed by atoms with Gasteiger partial charge >= 0.3 is 6.03 Å². The molecule has 0 aliphatic rings. The maximum absolute atomic E-state index is 11.8. The zero-order valence-electron chi connectivity index (χ0n) is 11.5. The van der Waals surface area contributed by atoms with E-state index in [-0.39, 0.29) is 6.03 Å². The zero-order valence-corrected chi connectivity index (χ0v) is 11.5. The Labute approximate surface area is 118 Å². The number of hydrogen-bond acceptors (Lipinski definition) is 3. The summed E-state index contributed by atoms with van der Waals surface area (Å²) < 4.78 is 5.14. The fourth-order valence-corrected chi connectivity index (χ4v) is 1.74. The lowest BCUT2D eigenvalue weighted by molar-refractivity contribution is 0.251. The summed E-state index contributed by atoms with van der Waals surface area (Å²) >= 11 is 0. The van der Waals surface area contributed by atoms with Crippen LogP contribution in [0.25, 0.3) is 0 Å². The Morgan fingerprint density at radius 1 is 1.35 bits per heavy atom. The van der Waals surface area contributed by atoms with Gasteiger partial charge in [-0.1, -0.05) is 12.1 Å². The molecule has 5 nitrogen and oxygen atoms in total. The Balaban J connectivity index is 1.90. The molecule has 0 atom stereocenters. The average Bonchev–Trinajstić information content (AvgIpc) is 2.48. The van der Waals surface area contributed by atoms with Crippen LogP contribution in [0.3, 0.4) is 0 Å². The third kappa shape index (κ3) is 3.71. The maximum Gasteiger partial charge on any atom is 0.319 e. The molecule has 0 aliphatic carbocycles. The third-order valence-corrected chi connectivity index (χ3v) is 2.86. The van der Waals surface area contributed by atoms with Gasteiger partial charge in [-0.2, -0.15) is 0 Å². The minimum atomic E-state index is -0.248. The molecule has 5 heteroatoms. The first kappa shape index (κ1) is 13.9. The maximum atomic E-state index is 11.8. The van der Waals surface area contributed by atoms with Crippen LogP contribution in [0.5, 0.6) is 5.75 Å². The van der Waals surface area contributed by atoms with Gasteiger partial charge in [0.1, 0.15) is 5.75 Å². The number of carbonyl (C=O) groups is 1. The van der Waals surface area contributed by atoms with Crippen LogP contribution < -0.4 is 15.4 Å². The third-order valence-electron chi connectivity index (χ3n) is 2.86. The lowest BCUT2D eigenvalue weighted by Gasteiger charge is -2.10. The Bertz CT molecular complexity index is 599. The van der Waals surface area contributed by atoms with Gasteiger partial charge in [-0.05, 0) is 36.2 Å². The van der Waals surface area contributed by atoms with E-state index in [1.807, 2.05) is 31.2 Å². The number of nitrogens with one attached hydrogen (secondary N) is 2. The molecule has 104 valence electrons. The largest absolute Gasteiger partial charge is 0.497 e. The number of benzene rings is 1. The number of rotatable bonds is 4. The first-order valence-electron chi connectivity index (χ1n) is 6.27. The SMILES string of the molecule is COc1cccc(CNC(=O)Nc2ccncc2C)c1. The summed E-state index contributed by atoms with van der Waals surface area (Å²) in [6, 6.07) is 9.09. The summed E-state index contributed by atoms with van der Waals surface area (Å²) in [6.07, 6.45) is 3.35. The molecule has 0 saturated carbocycles. The number of aromatic nitrogens is 1. The lowest BCUT2D eigenvalue weighted by atomic mass is 10.2. The van der Waals surface area contributed by atoms with Crippen molar-refractivity contribution in [2.75, 3.05) is 12.4 Å². The molecule has 20 heavy (non-hydrogen) atoms. The first-order valence-corrected chi connectivity index (χ1v) is 6.27. The molecule has 0 saturated heterocycles. The topological polar surface area (TPSA) is 63.2 Å². The van der Waals surface area contributed by atoms with Gasteiger partial charge in [-0.3, -0.25) is 4.98 Å². The summed E-state index contributed by atoms with van der Waals surface area (Å²) in [7, 11) is 1.62. The van der Waals surface area contributed by atoms with Crippen molar-refractivity contribution in [2.24, 2.45) is 0 Å². The van der Waals surface area contributed by atoms with Crippen molar-refractivity contribution in [2.45, 2.75) is 13.5 Å². The van der Waals surface area contributed by atoms with Crippen LogP contribution in [-0.4, -0.2) is 18.1 Å². The Kier molecular flexibility index (Phi) is 4.55. The van der Waals surface area contributed by atoms with E-state index in [1.165, 1.54) is 0 Å².